The van der Waals surface area contributed by atoms with Crippen LogP contribution in [0.4, 0.5) is 4.79 Å². The van der Waals surface area contributed by atoms with Gasteiger partial charge in [-0.2, -0.15) is 0 Å². The Balaban J connectivity index is 2.12. The quantitative estimate of drug-likeness (QED) is 0.619. The second-order valence-electron chi connectivity index (χ2n) is 4.64. The standard InChI is InChI=1S/C12H22N2O4/c1-9(10-4-7-18-8-5-10)14-12(17)13-6-2-3-11(15)16/h9-10H,2-8H2,1H3,(H,15,16)(H2,13,14,17). The minimum Gasteiger partial charge on any atom is -0.481 e. The van der Waals surface area contributed by atoms with Crippen molar-refractivity contribution >= 4 is 12.0 Å². The molecule has 18 heavy (non-hydrogen) atoms. The van der Waals surface area contributed by atoms with Gasteiger partial charge in [-0.05, 0) is 32.1 Å². The largest absolute Gasteiger partial charge is 0.481 e. The second-order valence-corrected chi connectivity index (χ2v) is 4.64. The number of hydrogen-bond donors (Lipinski definition) is 3. The van der Waals surface area contributed by atoms with Crippen LogP contribution in [0.5, 0.6) is 0 Å². The van der Waals surface area contributed by atoms with E-state index in [0.29, 0.717) is 18.9 Å². The number of nitrogens with one attached hydrogen (secondary N) is 2. The molecule has 1 unspecified atom stereocenters. The van der Waals surface area contributed by atoms with Crippen molar-refractivity contribution in [2.45, 2.75) is 38.6 Å². The Morgan fingerprint density at radius 2 is 2.06 bits per heavy atom. The van der Waals surface area contributed by atoms with E-state index in [1.54, 1.807) is 0 Å². The summed E-state index contributed by atoms with van der Waals surface area (Å²) in [5, 5.41) is 14.0. The van der Waals surface area contributed by atoms with Gasteiger partial charge in [0.25, 0.3) is 0 Å². The number of amides is 2. The van der Waals surface area contributed by atoms with Gasteiger partial charge >= 0.3 is 12.0 Å². The molecule has 0 aromatic carbocycles. The Morgan fingerprint density at radius 3 is 2.67 bits per heavy atom. The summed E-state index contributed by atoms with van der Waals surface area (Å²) >= 11 is 0. The normalized spacial score (nSPS) is 18.1. The first-order chi connectivity index (χ1) is 8.59. The number of aliphatic carboxylic acids is 1. The van der Waals surface area contributed by atoms with Crippen LogP contribution in [-0.4, -0.2) is 42.9 Å². The molecule has 0 spiro atoms. The van der Waals surface area contributed by atoms with Gasteiger partial charge in [0.15, 0.2) is 0 Å². The molecule has 1 rings (SSSR count). The minimum absolute atomic E-state index is 0.0792. The zero-order chi connectivity index (χ0) is 13.4. The molecule has 1 aliphatic heterocycles. The third kappa shape index (κ3) is 5.86. The lowest BCUT2D eigenvalue weighted by atomic mass is 9.93. The molecule has 1 heterocycles. The fourth-order valence-corrected chi connectivity index (χ4v) is 2.03. The van der Waals surface area contributed by atoms with E-state index in [1.807, 2.05) is 6.92 Å². The van der Waals surface area contributed by atoms with Gasteiger partial charge in [-0.15, -0.1) is 0 Å². The SMILES string of the molecule is CC(NC(=O)NCCCC(=O)O)C1CCOCC1. The Hall–Kier alpha value is -1.30. The second kappa shape index (κ2) is 7.92. The monoisotopic (exact) mass is 258 g/mol. The van der Waals surface area contributed by atoms with Crippen LogP contribution in [0, 0.1) is 5.92 Å². The Bertz CT molecular complexity index is 277. The van der Waals surface area contributed by atoms with Crippen molar-refractivity contribution in [3.05, 3.63) is 0 Å². The third-order valence-corrected chi connectivity index (χ3v) is 3.18. The van der Waals surface area contributed by atoms with E-state index in [2.05, 4.69) is 10.6 Å². The smallest absolute Gasteiger partial charge is 0.315 e. The first kappa shape index (κ1) is 14.8. The van der Waals surface area contributed by atoms with Crippen molar-refractivity contribution in [2.24, 2.45) is 5.92 Å². The van der Waals surface area contributed by atoms with Crippen molar-refractivity contribution < 1.29 is 19.4 Å². The van der Waals surface area contributed by atoms with Gasteiger partial charge in [0, 0.05) is 32.2 Å². The average molecular weight is 258 g/mol. The summed E-state index contributed by atoms with van der Waals surface area (Å²) in [6.45, 7) is 3.90. The summed E-state index contributed by atoms with van der Waals surface area (Å²) in [4.78, 5) is 21.8. The third-order valence-electron chi connectivity index (χ3n) is 3.18. The van der Waals surface area contributed by atoms with E-state index >= 15 is 0 Å². The summed E-state index contributed by atoms with van der Waals surface area (Å²) in [6, 6.07) is -0.104. The molecule has 6 nitrogen and oxygen atoms in total. The fraction of sp³-hybridized carbons (Fsp3) is 0.833. The highest BCUT2D eigenvalue weighted by atomic mass is 16.5. The predicted molar refractivity (Wildman–Crippen MR) is 66.4 cm³/mol. The molecule has 6 heteroatoms. The molecule has 0 aromatic heterocycles. The van der Waals surface area contributed by atoms with E-state index in [4.69, 9.17) is 9.84 Å². The number of carboxylic acids is 1. The van der Waals surface area contributed by atoms with Gasteiger partial charge in [0.1, 0.15) is 0 Å². The molecule has 0 bridgehead atoms. The van der Waals surface area contributed by atoms with E-state index in [1.165, 1.54) is 0 Å². The topological polar surface area (TPSA) is 87.7 Å². The molecular weight excluding hydrogens is 236 g/mol. The number of carbonyl (C=O) groups is 2. The number of rotatable bonds is 6. The van der Waals surface area contributed by atoms with Crippen molar-refractivity contribution in [1.82, 2.24) is 10.6 Å². The summed E-state index contributed by atoms with van der Waals surface area (Å²) < 4.78 is 5.27. The molecule has 1 aliphatic rings. The molecular formula is C12H22N2O4. The molecule has 1 saturated heterocycles. The highest BCUT2D eigenvalue weighted by Gasteiger charge is 2.21. The lowest BCUT2D eigenvalue weighted by Crippen LogP contribution is -2.45. The molecule has 0 aliphatic carbocycles. The van der Waals surface area contributed by atoms with Crippen LogP contribution in [-0.2, 0) is 9.53 Å². The highest BCUT2D eigenvalue weighted by Crippen LogP contribution is 2.18. The van der Waals surface area contributed by atoms with Gasteiger partial charge in [0.05, 0.1) is 0 Å². The maximum atomic E-state index is 11.5. The van der Waals surface area contributed by atoms with Crippen LogP contribution in [0.1, 0.15) is 32.6 Å². The van der Waals surface area contributed by atoms with E-state index in [-0.39, 0.29) is 18.5 Å². The van der Waals surface area contributed by atoms with Crippen LogP contribution in [0.25, 0.3) is 0 Å². The summed E-state index contributed by atoms with van der Waals surface area (Å²) in [5.74, 6) is -0.378. The van der Waals surface area contributed by atoms with Crippen molar-refractivity contribution in [1.29, 1.82) is 0 Å². The molecule has 1 atom stereocenters. The number of carbonyl (C=O) groups excluding carboxylic acids is 1. The van der Waals surface area contributed by atoms with Crippen LogP contribution >= 0.6 is 0 Å². The first-order valence-electron chi connectivity index (χ1n) is 6.43. The van der Waals surface area contributed by atoms with E-state index in [0.717, 1.165) is 26.1 Å². The number of hydrogen-bond acceptors (Lipinski definition) is 3. The first-order valence-corrected chi connectivity index (χ1v) is 6.43. The summed E-state index contributed by atoms with van der Waals surface area (Å²) in [7, 11) is 0. The summed E-state index contributed by atoms with van der Waals surface area (Å²) in [6.07, 6.45) is 2.48. The number of urea groups is 1. The molecule has 0 aromatic rings. The summed E-state index contributed by atoms with van der Waals surface area (Å²) in [5.41, 5.74) is 0. The van der Waals surface area contributed by atoms with Gasteiger partial charge < -0.3 is 20.5 Å². The van der Waals surface area contributed by atoms with Crippen LogP contribution in [0.2, 0.25) is 0 Å². The zero-order valence-electron chi connectivity index (χ0n) is 10.8. The van der Waals surface area contributed by atoms with Crippen molar-refractivity contribution in [2.75, 3.05) is 19.8 Å². The Kier molecular flexibility index (Phi) is 6.49. The van der Waals surface area contributed by atoms with E-state index < -0.39 is 5.97 Å². The zero-order valence-corrected chi connectivity index (χ0v) is 10.8. The maximum Gasteiger partial charge on any atom is 0.315 e. The van der Waals surface area contributed by atoms with Crippen molar-refractivity contribution in [3.8, 4) is 0 Å². The molecule has 0 radical (unpaired) electrons. The number of carboxylic acid groups (broad SMARTS) is 1. The lowest BCUT2D eigenvalue weighted by molar-refractivity contribution is -0.137. The Morgan fingerprint density at radius 1 is 1.39 bits per heavy atom. The molecule has 0 saturated carbocycles. The molecule has 3 N–H and O–H groups in total. The highest BCUT2D eigenvalue weighted by molar-refractivity contribution is 5.74. The van der Waals surface area contributed by atoms with Gasteiger partial charge in [0.2, 0.25) is 0 Å². The molecule has 104 valence electrons. The maximum absolute atomic E-state index is 11.5. The van der Waals surface area contributed by atoms with Crippen molar-refractivity contribution in [3.63, 3.8) is 0 Å². The van der Waals surface area contributed by atoms with Gasteiger partial charge in [-0.25, -0.2) is 4.79 Å². The van der Waals surface area contributed by atoms with Crippen LogP contribution in [0.15, 0.2) is 0 Å². The van der Waals surface area contributed by atoms with Gasteiger partial charge in [-0.3, -0.25) is 4.79 Å². The molecule has 2 amide bonds. The predicted octanol–water partition coefficient (Wildman–Crippen LogP) is 0.965. The van der Waals surface area contributed by atoms with Crippen LogP contribution < -0.4 is 10.6 Å². The van der Waals surface area contributed by atoms with Gasteiger partial charge in [-0.1, -0.05) is 0 Å². The Labute approximate surface area is 107 Å². The van der Waals surface area contributed by atoms with E-state index in [9.17, 15) is 9.59 Å². The minimum atomic E-state index is -0.840. The average Bonchev–Trinajstić information content (AvgIpc) is 2.35. The lowest BCUT2D eigenvalue weighted by Gasteiger charge is -2.28. The fourth-order valence-electron chi connectivity index (χ4n) is 2.03. The molecule has 1 fully saturated rings. The van der Waals surface area contributed by atoms with Crippen LogP contribution in [0.3, 0.4) is 0 Å². The number of ether oxygens (including phenoxy) is 1.